The molecule has 0 saturated heterocycles. The van der Waals surface area contributed by atoms with Crippen LogP contribution in [-0.4, -0.2) is 11.7 Å². The van der Waals surface area contributed by atoms with Crippen molar-refractivity contribution in [3.05, 3.63) is 22.4 Å². The summed E-state index contributed by atoms with van der Waals surface area (Å²) in [6, 6.07) is 3.85. The Kier molecular flexibility index (Phi) is 2.99. The molecule has 1 heterocycles. The molecule has 3 nitrogen and oxygen atoms in total. The fourth-order valence-electron chi connectivity index (χ4n) is 0.662. The summed E-state index contributed by atoms with van der Waals surface area (Å²) in [4.78, 5) is 15.9. The maximum absolute atomic E-state index is 10.4. The summed E-state index contributed by atoms with van der Waals surface area (Å²) in [5, 5.41) is 5.59. The molecular formula is C8H9NO2S. The van der Waals surface area contributed by atoms with E-state index in [2.05, 4.69) is 9.99 Å². The zero-order valence-electron chi connectivity index (χ0n) is 6.90. The highest BCUT2D eigenvalue weighted by Gasteiger charge is 1.98. The summed E-state index contributed by atoms with van der Waals surface area (Å²) in [6.45, 7) is 3.12. The number of carbonyl (C=O) groups is 1. The van der Waals surface area contributed by atoms with Crippen LogP contribution >= 0.6 is 11.3 Å². The van der Waals surface area contributed by atoms with Gasteiger partial charge in [0.15, 0.2) is 0 Å². The van der Waals surface area contributed by atoms with E-state index in [1.807, 2.05) is 17.5 Å². The van der Waals surface area contributed by atoms with Crippen LogP contribution in [0.4, 0.5) is 0 Å². The van der Waals surface area contributed by atoms with Crippen molar-refractivity contribution in [2.45, 2.75) is 13.8 Å². The molecule has 64 valence electrons. The van der Waals surface area contributed by atoms with Gasteiger partial charge < -0.3 is 4.84 Å². The molecule has 1 rings (SSSR count). The van der Waals surface area contributed by atoms with Crippen molar-refractivity contribution in [2.24, 2.45) is 5.16 Å². The maximum atomic E-state index is 10.4. The number of rotatable bonds is 2. The second-order valence-corrected chi connectivity index (χ2v) is 3.18. The first-order valence-electron chi connectivity index (χ1n) is 3.46. The molecule has 0 atom stereocenters. The van der Waals surface area contributed by atoms with Crippen molar-refractivity contribution in [3.63, 3.8) is 0 Å². The van der Waals surface area contributed by atoms with Gasteiger partial charge in [-0.1, -0.05) is 11.2 Å². The Balaban J connectivity index is 2.65. The molecule has 0 aliphatic rings. The molecule has 1 aromatic rings. The second-order valence-electron chi connectivity index (χ2n) is 2.24. The van der Waals surface area contributed by atoms with Gasteiger partial charge in [0, 0.05) is 6.92 Å². The molecule has 1 aromatic heterocycles. The number of thiophene rings is 1. The minimum atomic E-state index is -0.397. The maximum Gasteiger partial charge on any atom is 0.331 e. The summed E-state index contributed by atoms with van der Waals surface area (Å²) in [6.07, 6.45) is 0. The lowest BCUT2D eigenvalue weighted by Crippen LogP contribution is -1.96. The molecule has 0 aliphatic heterocycles. The van der Waals surface area contributed by atoms with E-state index < -0.39 is 5.97 Å². The van der Waals surface area contributed by atoms with E-state index in [0.29, 0.717) is 0 Å². The van der Waals surface area contributed by atoms with Crippen LogP contribution in [-0.2, 0) is 9.63 Å². The van der Waals surface area contributed by atoms with E-state index in [9.17, 15) is 4.79 Å². The third-order valence-electron chi connectivity index (χ3n) is 1.19. The lowest BCUT2D eigenvalue weighted by atomic mass is 10.3. The zero-order chi connectivity index (χ0) is 8.97. The Bertz CT molecular complexity index is 290. The molecule has 0 aromatic carbocycles. The number of hydrogen-bond donors (Lipinski definition) is 0. The second kappa shape index (κ2) is 4.01. The summed E-state index contributed by atoms with van der Waals surface area (Å²) < 4.78 is 0. The third kappa shape index (κ3) is 2.47. The standard InChI is InChI=1S/C8H9NO2S/c1-6(9-11-7(2)10)8-4-3-5-12-8/h3-5H,1-2H3. The normalized spacial score (nSPS) is 11.3. The lowest BCUT2D eigenvalue weighted by molar-refractivity contribution is -0.140. The molecule has 0 N–H and O–H groups in total. The van der Waals surface area contributed by atoms with Crippen LogP contribution in [0.1, 0.15) is 18.7 Å². The van der Waals surface area contributed by atoms with Crippen molar-refractivity contribution < 1.29 is 9.63 Å². The Hall–Kier alpha value is -1.16. The zero-order valence-corrected chi connectivity index (χ0v) is 7.72. The first-order chi connectivity index (χ1) is 5.70. The summed E-state index contributed by atoms with van der Waals surface area (Å²) >= 11 is 1.56. The minimum Gasteiger partial charge on any atom is -0.318 e. The largest absolute Gasteiger partial charge is 0.331 e. The average Bonchev–Trinajstić information content (AvgIpc) is 2.51. The number of oxime groups is 1. The topological polar surface area (TPSA) is 38.7 Å². The molecule has 0 fully saturated rings. The van der Waals surface area contributed by atoms with Crippen LogP contribution in [0.15, 0.2) is 22.7 Å². The molecule has 0 unspecified atom stereocenters. The van der Waals surface area contributed by atoms with Crippen LogP contribution in [0, 0.1) is 0 Å². The molecule has 0 saturated carbocycles. The van der Waals surface area contributed by atoms with Crippen LogP contribution in [0.3, 0.4) is 0 Å². The smallest absolute Gasteiger partial charge is 0.318 e. The van der Waals surface area contributed by atoms with Gasteiger partial charge in [-0.05, 0) is 18.4 Å². The van der Waals surface area contributed by atoms with Crippen molar-refractivity contribution in [3.8, 4) is 0 Å². The van der Waals surface area contributed by atoms with Crippen molar-refractivity contribution in [1.29, 1.82) is 0 Å². The molecule has 0 aliphatic carbocycles. The Morgan fingerprint density at radius 3 is 2.83 bits per heavy atom. The highest BCUT2D eigenvalue weighted by atomic mass is 32.1. The van der Waals surface area contributed by atoms with Gasteiger partial charge in [-0.3, -0.25) is 0 Å². The molecule has 4 heteroatoms. The average molecular weight is 183 g/mol. The molecule has 0 bridgehead atoms. The molecule has 0 amide bonds. The van der Waals surface area contributed by atoms with Gasteiger partial charge in [-0.15, -0.1) is 11.3 Å². The Morgan fingerprint density at radius 2 is 2.33 bits per heavy atom. The summed E-state index contributed by atoms with van der Waals surface area (Å²) in [5.74, 6) is -0.397. The molecular weight excluding hydrogens is 174 g/mol. The summed E-state index contributed by atoms with van der Waals surface area (Å²) in [5.41, 5.74) is 0.722. The van der Waals surface area contributed by atoms with Crippen LogP contribution in [0.5, 0.6) is 0 Å². The van der Waals surface area contributed by atoms with Gasteiger partial charge in [0.2, 0.25) is 0 Å². The number of nitrogens with zero attached hydrogens (tertiary/aromatic N) is 1. The van der Waals surface area contributed by atoms with Crippen LogP contribution in [0.2, 0.25) is 0 Å². The highest BCUT2D eigenvalue weighted by molar-refractivity contribution is 7.12. The van der Waals surface area contributed by atoms with E-state index in [4.69, 9.17) is 0 Å². The third-order valence-corrected chi connectivity index (χ3v) is 2.17. The van der Waals surface area contributed by atoms with E-state index in [0.717, 1.165) is 10.6 Å². The SMILES string of the molecule is CC(=O)ON=C(C)c1cccs1. The lowest BCUT2D eigenvalue weighted by Gasteiger charge is -1.93. The first-order valence-corrected chi connectivity index (χ1v) is 4.34. The van der Waals surface area contributed by atoms with Crippen LogP contribution < -0.4 is 0 Å². The predicted octanol–water partition coefficient (Wildman–Crippen LogP) is 2.04. The van der Waals surface area contributed by atoms with Crippen molar-refractivity contribution >= 4 is 23.0 Å². The van der Waals surface area contributed by atoms with Gasteiger partial charge in [0.05, 0.1) is 10.6 Å². The first kappa shape index (κ1) is 8.93. The fraction of sp³-hybridized carbons (Fsp3) is 0.250. The minimum absolute atomic E-state index is 0.397. The van der Waals surface area contributed by atoms with Crippen molar-refractivity contribution in [1.82, 2.24) is 0 Å². The van der Waals surface area contributed by atoms with E-state index >= 15 is 0 Å². The fourth-order valence-corrected chi connectivity index (χ4v) is 1.33. The van der Waals surface area contributed by atoms with Gasteiger partial charge in [-0.2, -0.15) is 0 Å². The molecule has 0 radical (unpaired) electrons. The summed E-state index contributed by atoms with van der Waals surface area (Å²) in [7, 11) is 0. The Morgan fingerprint density at radius 1 is 1.58 bits per heavy atom. The number of hydrogen-bond acceptors (Lipinski definition) is 4. The van der Waals surface area contributed by atoms with Gasteiger partial charge in [-0.25, -0.2) is 4.79 Å². The van der Waals surface area contributed by atoms with Gasteiger partial charge in [0.1, 0.15) is 0 Å². The van der Waals surface area contributed by atoms with Gasteiger partial charge >= 0.3 is 5.97 Å². The van der Waals surface area contributed by atoms with E-state index in [1.165, 1.54) is 6.92 Å². The van der Waals surface area contributed by atoms with Crippen molar-refractivity contribution in [2.75, 3.05) is 0 Å². The predicted molar refractivity (Wildman–Crippen MR) is 48.3 cm³/mol. The molecule has 12 heavy (non-hydrogen) atoms. The van der Waals surface area contributed by atoms with Crippen LogP contribution in [0.25, 0.3) is 0 Å². The van der Waals surface area contributed by atoms with E-state index in [-0.39, 0.29) is 0 Å². The van der Waals surface area contributed by atoms with E-state index in [1.54, 1.807) is 18.3 Å². The monoisotopic (exact) mass is 183 g/mol. The highest BCUT2D eigenvalue weighted by Crippen LogP contribution is 2.09. The molecule has 0 spiro atoms. The Labute approximate surface area is 74.7 Å². The quantitative estimate of drug-likeness (QED) is 0.400. The number of carbonyl (C=O) groups excluding carboxylic acids is 1. The van der Waals surface area contributed by atoms with Gasteiger partial charge in [0.25, 0.3) is 0 Å².